The summed E-state index contributed by atoms with van der Waals surface area (Å²) in [5, 5.41) is 9.42. The smallest absolute Gasteiger partial charge is 0.254 e. The summed E-state index contributed by atoms with van der Waals surface area (Å²) in [6.07, 6.45) is -1.69. The Hall–Kier alpha value is -2.85. The molecule has 11 heteroatoms. The third-order valence-electron chi connectivity index (χ3n) is 4.01. The fraction of sp³-hybridized carbons (Fsp3) is 0.263. The molecule has 0 aliphatic carbocycles. The number of carbonyl (C=O) groups is 1. The average molecular weight is 450 g/mol. The number of amidine groups is 1. The molecule has 0 saturated carbocycles. The standard InChI is InChI=1S/C19H19F4N3O3.ClH/c1-3-29-17(16-14(22)6-10(28-2)7-15(16)23)19(27)26-8-11-12(20)4-9(18(24)25)5-13(11)21;/h4-7,17H,3,8H2,1-2H3,(H3,24,25)(H,26,27);1H/t17-;/m0./s1. The van der Waals surface area contributed by atoms with E-state index in [1.54, 1.807) is 0 Å². The Morgan fingerprint density at radius 2 is 1.63 bits per heavy atom. The van der Waals surface area contributed by atoms with Crippen LogP contribution in [-0.2, 0) is 16.1 Å². The van der Waals surface area contributed by atoms with Gasteiger partial charge in [0.2, 0.25) is 0 Å². The van der Waals surface area contributed by atoms with Crippen molar-refractivity contribution in [3.05, 3.63) is 64.2 Å². The van der Waals surface area contributed by atoms with Crippen molar-refractivity contribution in [3.8, 4) is 5.75 Å². The Morgan fingerprint density at radius 1 is 1.10 bits per heavy atom. The van der Waals surface area contributed by atoms with Crippen molar-refractivity contribution >= 4 is 24.1 Å². The highest BCUT2D eigenvalue weighted by Crippen LogP contribution is 2.28. The highest BCUT2D eigenvalue weighted by Gasteiger charge is 2.29. The number of halogens is 5. The molecule has 0 unspecified atom stereocenters. The van der Waals surface area contributed by atoms with Crippen molar-refractivity contribution in [1.29, 1.82) is 5.41 Å². The lowest BCUT2D eigenvalue weighted by Crippen LogP contribution is -2.32. The Kier molecular flexibility index (Phi) is 9.06. The summed E-state index contributed by atoms with van der Waals surface area (Å²) in [7, 11) is 1.22. The molecule has 4 N–H and O–H groups in total. The molecule has 2 aromatic rings. The SMILES string of the molecule is CCO[C@H](C(=O)NCc1c(F)cc(C(=N)N)cc1F)c1c(F)cc(OC)cc1F.Cl. The van der Waals surface area contributed by atoms with Crippen LogP contribution < -0.4 is 15.8 Å². The summed E-state index contributed by atoms with van der Waals surface area (Å²) < 4.78 is 66.7. The van der Waals surface area contributed by atoms with E-state index >= 15 is 0 Å². The second-order valence-corrected chi connectivity index (χ2v) is 5.89. The molecule has 30 heavy (non-hydrogen) atoms. The van der Waals surface area contributed by atoms with Gasteiger partial charge < -0.3 is 20.5 Å². The number of methoxy groups -OCH3 is 1. The van der Waals surface area contributed by atoms with Gasteiger partial charge in [-0.2, -0.15) is 0 Å². The van der Waals surface area contributed by atoms with Gasteiger partial charge in [0.25, 0.3) is 5.91 Å². The van der Waals surface area contributed by atoms with E-state index in [1.165, 1.54) is 14.0 Å². The first-order valence-corrected chi connectivity index (χ1v) is 8.44. The summed E-state index contributed by atoms with van der Waals surface area (Å²) >= 11 is 0. The van der Waals surface area contributed by atoms with Crippen LogP contribution in [0.4, 0.5) is 17.6 Å². The molecular formula is C19H20ClF4N3O3. The first-order chi connectivity index (χ1) is 13.7. The third-order valence-corrected chi connectivity index (χ3v) is 4.01. The fourth-order valence-electron chi connectivity index (χ4n) is 2.58. The third kappa shape index (κ3) is 5.61. The average Bonchev–Trinajstić information content (AvgIpc) is 2.65. The number of nitrogens with two attached hydrogens (primary N) is 1. The number of hydrogen-bond acceptors (Lipinski definition) is 4. The van der Waals surface area contributed by atoms with E-state index in [0.717, 1.165) is 24.3 Å². The number of nitrogen functional groups attached to an aromatic ring is 1. The maximum absolute atomic E-state index is 14.3. The topological polar surface area (TPSA) is 97.4 Å². The Balaban J connectivity index is 0.00000450. The second-order valence-electron chi connectivity index (χ2n) is 5.89. The van der Waals surface area contributed by atoms with Gasteiger partial charge in [0.15, 0.2) is 6.10 Å². The summed E-state index contributed by atoms with van der Waals surface area (Å²) in [6, 6.07) is 3.46. The van der Waals surface area contributed by atoms with E-state index in [4.69, 9.17) is 20.6 Å². The lowest BCUT2D eigenvalue weighted by Gasteiger charge is -2.19. The van der Waals surface area contributed by atoms with Crippen molar-refractivity contribution in [2.45, 2.75) is 19.6 Å². The maximum atomic E-state index is 14.3. The van der Waals surface area contributed by atoms with Crippen LogP contribution in [0.1, 0.15) is 29.7 Å². The predicted octanol–water partition coefficient (Wildman–Crippen LogP) is 3.35. The zero-order valence-corrected chi connectivity index (χ0v) is 16.8. The van der Waals surface area contributed by atoms with Crippen LogP contribution in [0.5, 0.6) is 5.75 Å². The Morgan fingerprint density at radius 3 is 2.07 bits per heavy atom. The van der Waals surface area contributed by atoms with Crippen molar-refractivity contribution in [2.24, 2.45) is 5.73 Å². The highest BCUT2D eigenvalue weighted by atomic mass is 35.5. The molecule has 0 radical (unpaired) electrons. The molecule has 1 amide bonds. The van der Waals surface area contributed by atoms with Gasteiger partial charge >= 0.3 is 0 Å². The van der Waals surface area contributed by atoms with E-state index in [0.29, 0.717) is 0 Å². The quantitative estimate of drug-likeness (QED) is 0.327. The normalized spacial score (nSPS) is 11.4. The van der Waals surface area contributed by atoms with E-state index in [1.807, 2.05) is 0 Å². The molecule has 0 aromatic heterocycles. The van der Waals surface area contributed by atoms with E-state index in [2.05, 4.69) is 5.32 Å². The molecule has 1 atom stereocenters. The molecular weight excluding hydrogens is 430 g/mol. The summed E-state index contributed by atoms with van der Waals surface area (Å²) in [5.74, 6) is -5.83. The minimum absolute atomic E-state index is 0. The highest BCUT2D eigenvalue weighted by molar-refractivity contribution is 5.95. The monoisotopic (exact) mass is 449 g/mol. The number of ether oxygens (including phenoxy) is 2. The molecule has 0 aliphatic heterocycles. The minimum atomic E-state index is -1.69. The van der Waals surface area contributed by atoms with E-state index < -0.39 is 58.8 Å². The van der Waals surface area contributed by atoms with Gasteiger partial charge in [-0.05, 0) is 19.1 Å². The number of nitrogens with one attached hydrogen (secondary N) is 2. The van der Waals surface area contributed by atoms with E-state index in [-0.39, 0.29) is 30.3 Å². The van der Waals surface area contributed by atoms with Crippen LogP contribution in [0.15, 0.2) is 24.3 Å². The minimum Gasteiger partial charge on any atom is -0.497 e. The van der Waals surface area contributed by atoms with Crippen LogP contribution in [0, 0.1) is 28.7 Å². The van der Waals surface area contributed by atoms with Crippen LogP contribution in [0.2, 0.25) is 0 Å². The zero-order valence-electron chi connectivity index (χ0n) is 16.0. The van der Waals surface area contributed by atoms with Gasteiger partial charge in [0.1, 0.15) is 34.9 Å². The van der Waals surface area contributed by atoms with Crippen molar-refractivity contribution in [1.82, 2.24) is 5.32 Å². The van der Waals surface area contributed by atoms with E-state index in [9.17, 15) is 22.4 Å². The molecule has 164 valence electrons. The second kappa shape index (κ2) is 10.8. The summed E-state index contributed by atoms with van der Waals surface area (Å²) in [5.41, 5.74) is 3.87. The van der Waals surface area contributed by atoms with Gasteiger partial charge in [-0.25, -0.2) is 17.6 Å². The molecule has 6 nitrogen and oxygen atoms in total. The lowest BCUT2D eigenvalue weighted by atomic mass is 10.1. The zero-order chi connectivity index (χ0) is 21.7. The molecule has 0 bridgehead atoms. The van der Waals surface area contributed by atoms with Crippen LogP contribution >= 0.6 is 12.4 Å². The van der Waals surface area contributed by atoms with Crippen molar-refractivity contribution < 1.29 is 31.8 Å². The fourth-order valence-corrected chi connectivity index (χ4v) is 2.58. The first kappa shape index (κ1) is 25.2. The van der Waals surface area contributed by atoms with Gasteiger partial charge in [-0.1, -0.05) is 0 Å². The number of benzene rings is 2. The van der Waals surface area contributed by atoms with Crippen molar-refractivity contribution in [3.63, 3.8) is 0 Å². The molecule has 2 rings (SSSR count). The Labute approximate surface area is 176 Å². The molecule has 0 saturated heterocycles. The first-order valence-electron chi connectivity index (χ1n) is 8.44. The number of hydrogen-bond donors (Lipinski definition) is 3. The van der Waals surface area contributed by atoms with Crippen LogP contribution in [-0.4, -0.2) is 25.5 Å². The molecule has 2 aromatic carbocycles. The van der Waals surface area contributed by atoms with Crippen LogP contribution in [0.3, 0.4) is 0 Å². The predicted molar refractivity (Wildman–Crippen MR) is 104 cm³/mol. The molecule has 0 aliphatic rings. The maximum Gasteiger partial charge on any atom is 0.254 e. The summed E-state index contributed by atoms with van der Waals surface area (Å²) in [6.45, 7) is 0.843. The molecule has 0 spiro atoms. The van der Waals surface area contributed by atoms with Gasteiger partial charge in [-0.15, -0.1) is 12.4 Å². The molecule has 0 fully saturated rings. The lowest BCUT2D eigenvalue weighted by molar-refractivity contribution is -0.133. The van der Waals surface area contributed by atoms with Crippen LogP contribution in [0.25, 0.3) is 0 Å². The largest absolute Gasteiger partial charge is 0.497 e. The number of carbonyl (C=O) groups excluding carboxylic acids is 1. The number of rotatable bonds is 8. The van der Waals surface area contributed by atoms with Gasteiger partial charge in [0, 0.05) is 36.4 Å². The van der Waals surface area contributed by atoms with Crippen molar-refractivity contribution in [2.75, 3.05) is 13.7 Å². The van der Waals surface area contributed by atoms with Gasteiger partial charge in [0.05, 0.1) is 12.7 Å². The van der Waals surface area contributed by atoms with Gasteiger partial charge in [-0.3, -0.25) is 10.2 Å². The number of amides is 1. The summed E-state index contributed by atoms with van der Waals surface area (Å²) in [4.78, 5) is 12.5. The Bertz CT molecular complexity index is 897. The molecule has 0 heterocycles.